The highest BCUT2D eigenvalue weighted by Crippen LogP contribution is 2.46. The van der Waals surface area contributed by atoms with Gasteiger partial charge in [-0.25, -0.2) is 0 Å². The molecule has 2 aliphatic heterocycles. The van der Waals surface area contributed by atoms with Crippen molar-refractivity contribution in [1.29, 1.82) is 0 Å². The predicted octanol–water partition coefficient (Wildman–Crippen LogP) is 1.78. The van der Waals surface area contributed by atoms with E-state index in [4.69, 9.17) is 11.5 Å². The number of hydrogen-bond acceptors (Lipinski definition) is 6. The fourth-order valence-electron chi connectivity index (χ4n) is 5.76. The number of likely N-dealkylation sites (tertiary alicyclic amines) is 1. The third-order valence-corrected chi connectivity index (χ3v) is 8.06. The van der Waals surface area contributed by atoms with Crippen LogP contribution in [0.5, 0.6) is 0 Å². The van der Waals surface area contributed by atoms with Crippen LogP contribution in [0.15, 0.2) is 0 Å². The normalized spacial score (nSPS) is 38.7. The minimum Gasteiger partial charge on any atom is -0.369 e. The average Bonchev–Trinajstić information content (AvgIpc) is 2.66. The highest BCUT2D eigenvalue weighted by molar-refractivity contribution is 5.77. The van der Waals surface area contributed by atoms with Gasteiger partial charge in [0.1, 0.15) is 6.29 Å². The molecular weight excluding hydrogens is 388 g/mol. The van der Waals surface area contributed by atoms with Crippen LogP contribution in [0.3, 0.4) is 0 Å². The molecule has 0 radical (unpaired) electrons. The summed E-state index contributed by atoms with van der Waals surface area (Å²) in [6.45, 7) is 16.7. The van der Waals surface area contributed by atoms with Gasteiger partial charge in [0.2, 0.25) is 5.91 Å². The molecule has 0 spiro atoms. The first-order valence-electron chi connectivity index (χ1n) is 12.4. The summed E-state index contributed by atoms with van der Waals surface area (Å²) in [6, 6.07) is 0.597. The lowest BCUT2D eigenvalue weighted by Crippen LogP contribution is -2.72. The number of primary amides is 1. The van der Waals surface area contributed by atoms with Gasteiger partial charge in [0.15, 0.2) is 0 Å². The van der Waals surface area contributed by atoms with E-state index in [9.17, 15) is 4.79 Å². The Bertz CT molecular complexity index is 590. The first-order chi connectivity index (χ1) is 14.3. The van der Waals surface area contributed by atoms with Gasteiger partial charge in [0.25, 0.3) is 0 Å². The predicted molar refractivity (Wildman–Crippen MR) is 127 cm³/mol. The second-order valence-electron chi connectivity index (χ2n) is 12.6. The van der Waals surface area contributed by atoms with Gasteiger partial charge >= 0.3 is 0 Å². The number of rotatable bonds is 4. The number of piperidine rings is 1. The Balaban J connectivity index is 1.73. The van der Waals surface area contributed by atoms with E-state index in [1.807, 2.05) is 0 Å². The Labute approximate surface area is 189 Å². The van der Waals surface area contributed by atoms with Crippen molar-refractivity contribution in [2.24, 2.45) is 40.1 Å². The Kier molecular flexibility index (Phi) is 7.74. The maximum absolute atomic E-state index is 12.3. The Morgan fingerprint density at radius 3 is 2.16 bits per heavy atom. The van der Waals surface area contributed by atoms with Crippen molar-refractivity contribution in [3.8, 4) is 0 Å². The van der Waals surface area contributed by atoms with E-state index in [-0.39, 0.29) is 41.2 Å². The molecule has 2 heterocycles. The lowest BCUT2D eigenvalue weighted by Gasteiger charge is -2.49. The largest absolute Gasteiger partial charge is 0.369 e. The third kappa shape index (κ3) is 6.41. The summed E-state index contributed by atoms with van der Waals surface area (Å²) in [5, 5.41) is 11.0. The summed E-state index contributed by atoms with van der Waals surface area (Å²) >= 11 is 0. The van der Waals surface area contributed by atoms with Gasteiger partial charge in [0, 0.05) is 31.7 Å². The van der Waals surface area contributed by atoms with Crippen LogP contribution in [0.4, 0.5) is 0 Å². The van der Waals surface area contributed by atoms with Gasteiger partial charge in [-0.15, -0.1) is 0 Å². The van der Waals surface area contributed by atoms with Crippen molar-refractivity contribution in [1.82, 2.24) is 20.9 Å². The summed E-state index contributed by atoms with van der Waals surface area (Å²) in [4.78, 5) is 14.6. The summed E-state index contributed by atoms with van der Waals surface area (Å²) in [6.07, 6.45) is 5.67. The second kappa shape index (κ2) is 9.64. The molecule has 0 aromatic heterocycles. The van der Waals surface area contributed by atoms with Crippen molar-refractivity contribution in [3.63, 3.8) is 0 Å². The van der Waals surface area contributed by atoms with E-state index in [0.717, 1.165) is 38.8 Å². The third-order valence-electron chi connectivity index (χ3n) is 8.06. The molecule has 31 heavy (non-hydrogen) atoms. The zero-order chi connectivity index (χ0) is 23.0. The second-order valence-corrected chi connectivity index (χ2v) is 12.6. The van der Waals surface area contributed by atoms with Crippen molar-refractivity contribution in [3.05, 3.63) is 0 Å². The molecule has 3 rings (SSSR count). The van der Waals surface area contributed by atoms with E-state index < -0.39 is 0 Å². The smallest absolute Gasteiger partial charge is 0.224 e. The number of amides is 1. The maximum atomic E-state index is 12.3. The van der Waals surface area contributed by atoms with Crippen molar-refractivity contribution < 1.29 is 4.79 Å². The molecule has 0 aromatic carbocycles. The summed E-state index contributed by atoms with van der Waals surface area (Å²) < 4.78 is 0. The molecule has 3 aliphatic rings. The highest BCUT2D eigenvalue weighted by Gasteiger charge is 2.42. The van der Waals surface area contributed by atoms with Gasteiger partial charge in [-0.05, 0) is 54.8 Å². The fraction of sp³-hybridized carbons (Fsp3) is 0.958. The van der Waals surface area contributed by atoms with Crippen LogP contribution in [-0.2, 0) is 4.79 Å². The van der Waals surface area contributed by atoms with Crippen LogP contribution < -0.4 is 27.4 Å². The molecule has 7 N–H and O–H groups in total. The lowest BCUT2D eigenvalue weighted by molar-refractivity contribution is -0.125. The van der Waals surface area contributed by atoms with E-state index in [0.29, 0.717) is 24.4 Å². The van der Waals surface area contributed by atoms with E-state index in [1.54, 1.807) is 0 Å². The quantitative estimate of drug-likeness (QED) is 0.460. The van der Waals surface area contributed by atoms with Crippen molar-refractivity contribution in [2.75, 3.05) is 19.6 Å². The topological polar surface area (TPSA) is 108 Å². The minimum absolute atomic E-state index is 0.0277. The molecule has 1 amide bonds. The molecule has 7 nitrogen and oxygen atoms in total. The summed E-state index contributed by atoms with van der Waals surface area (Å²) in [5.74, 6) is 0.805. The van der Waals surface area contributed by atoms with E-state index in [1.165, 1.54) is 6.42 Å². The highest BCUT2D eigenvalue weighted by atomic mass is 16.1. The lowest BCUT2D eigenvalue weighted by atomic mass is 9.62. The molecule has 6 atom stereocenters. The molecule has 7 heteroatoms. The molecule has 5 unspecified atom stereocenters. The number of nitrogens with two attached hydrogens (primary N) is 2. The molecular formula is C24H48N6O. The van der Waals surface area contributed by atoms with E-state index in [2.05, 4.69) is 62.4 Å². The van der Waals surface area contributed by atoms with Crippen LogP contribution in [0, 0.1) is 28.6 Å². The Hall–Kier alpha value is -0.730. The molecule has 2 saturated heterocycles. The molecule has 3 fully saturated rings. The zero-order valence-electron chi connectivity index (χ0n) is 20.7. The standard InChI is InChI=1S/C24H48N6O/c1-23(2,3)15-10-16(24(4,5)6)12-18(11-15)28-21-19(20(26)31)13-27-22(29-21)30-9-7-8-17(25)14-30/h15-19,21-22,27-29H,7-14,25H2,1-6H3,(H2,26,31)/t15?,16?,17-,18?,19?,21?,22?/m1/s1. The van der Waals surface area contributed by atoms with Gasteiger partial charge in [0.05, 0.1) is 12.1 Å². The van der Waals surface area contributed by atoms with Gasteiger partial charge < -0.3 is 11.5 Å². The number of nitrogens with zero attached hydrogens (tertiary/aromatic N) is 1. The number of carbonyl (C=O) groups is 1. The zero-order valence-corrected chi connectivity index (χ0v) is 20.7. The first-order valence-corrected chi connectivity index (χ1v) is 12.4. The van der Waals surface area contributed by atoms with Crippen LogP contribution >= 0.6 is 0 Å². The average molecular weight is 437 g/mol. The number of nitrogens with one attached hydrogen (secondary N) is 3. The molecule has 180 valence electrons. The Morgan fingerprint density at radius 2 is 1.65 bits per heavy atom. The fourth-order valence-corrected chi connectivity index (χ4v) is 5.76. The maximum Gasteiger partial charge on any atom is 0.224 e. The SMILES string of the molecule is CC(C)(C)C1CC(NC2NC(N3CCC[C@@H](N)C3)NCC2C(N)=O)CC(C(C)(C)C)C1. The minimum atomic E-state index is -0.266. The number of hydrogen-bond donors (Lipinski definition) is 5. The molecule has 0 aromatic rings. The van der Waals surface area contributed by atoms with Crippen LogP contribution in [0.2, 0.25) is 0 Å². The van der Waals surface area contributed by atoms with Crippen LogP contribution in [-0.4, -0.2) is 55.0 Å². The van der Waals surface area contributed by atoms with Gasteiger partial charge in [-0.2, -0.15) is 0 Å². The van der Waals surface area contributed by atoms with E-state index >= 15 is 0 Å². The van der Waals surface area contributed by atoms with Crippen molar-refractivity contribution in [2.45, 2.75) is 98.2 Å². The molecule has 1 saturated carbocycles. The summed E-state index contributed by atoms with van der Waals surface area (Å²) in [7, 11) is 0. The molecule has 0 bridgehead atoms. The molecule has 1 aliphatic carbocycles. The van der Waals surface area contributed by atoms with Gasteiger partial charge in [-0.3, -0.25) is 25.6 Å². The summed E-state index contributed by atoms with van der Waals surface area (Å²) in [5.41, 5.74) is 12.6. The van der Waals surface area contributed by atoms with Crippen LogP contribution in [0.1, 0.15) is 73.6 Å². The monoisotopic (exact) mass is 436 g/mol. The first kappa shape index (κ1) is 24.9. The number of carbonyl (C=O) groups excluding carboxylic acids is 1. The van der Waals surface area contributed by atoms with Crippen molar-refractivity contribution >= 4 is 5.91 Å². The Morgan fingerprint density at radius 1 is 1.03 bits per heavy atom. The van der Waals surface area contributed by atoms with Crippen LogP contribution in [0.25, 0.3) is 0 Å². The van der Waals surface area contributed by atoms with Gasteiger partial charge in [-0.1, -0.05) is 41.5 Å².